The van der Waals surface area contributed by atoms with Gasteiger partial charge in [-0.3, -0.25) is 9.59 Å². The third kappa shape index (κ3) is 41.9. The van der Waals surface area contributed by atoms with Crippen LogP contribution in [0.3, 0.4) is 0 Å². The van der Waals surface area contributed by atoms with Crippen LogP contribution in [-0.4, -0.2) is 60.1 Å². The summed E-state index contributed by atoms with van der Waals surface area (Å²) in [6.07, 6.45) is 55.6. The molecular formula is C62H114N4O6. The third-order valence-corrected chi connectivity index (χ3v) is 13.7. The van der Waals surface area contributed by atoms with Gasteiger partial charge in [-0.1, -0.05) is 220 Å². The molecule has 0 heterocycles. The fourth-order valence-corrected chi connectivity index (χ4v) is 8.66. The Labute approximate surface area is 443 Å². The van der Waals surface area contributed by atoms with E-state index in [9.17, 15) is 29.4 Å². The SMILES string of the molecule is CCCCC(CC)CNC(=O)c1cc(C(=O)O)c(C(=O)O)cc1C(=O)NCC(CC)CCCC.CCCCCCCCC=CCCCCCCCCN.CCCCCCCCC=CCCCCCCCCN. The Hall–Kier alpha value is -3.50. The van der Waals surface area contributed by atoms with E-state index in [1.807, 2.05) is 13.8 Å². The predicted molar refractivity (Wildman–Crippen MR) is 309 cm³/mol. The van der Waals surface area contributed by atoms with Gasteiger partial charge in [-0.2, -0.15) is 0 Å². The van der Waals surface area contributed by atoms with Crippen molar-refractivity contribution in [1.29, 1.82) is 0 Å². The molecule has 2 amide bonds. The first-order valence-corrected chi connectivity index (χ1v) is 29.9. The van der Waals surface area contributed by atoms with Gasteiger partial charge in [0.25, 0.3) is 11.8 Å². The molecule has 0 spiro atoms. The number of hydrogen-bond acceptors (Lipinski definition) is 6. The maximum atomic E-state index is 13.0. The van der Waals surface area contributed by atoms with Crippen molar-refractivity contribution in [1.82, 2.24) is 10.6 Å². The smallest absolute Gasteiger partial charge is 0.336 e. The van der Waals surface area contributed by atoms with Crippen molar-refractivity contribution < 1.29 is 29.4 Å². The molecule has 0 aliphatic rings. The Kier molecular flexibility index (Phi) is 52.7. The zero-order valence-electron chi connectivity index (χ0n) is 47.6. The maximum absolute atomic E-state index is 13.0. The quantitative estimate of drug-likeness (QED) is 0.0275. The summed E-state index contributed by atoms with van der Waals surface area (Å²) in [5.74, 6) is -3.59. The fourth-order valence-electron chi connectivity index (χ4n) is 8.66. The van der Waals surface area contributed by atoms with Crippen molar-refractivity contribution in [2.24, 2.45) is 23.3 Å². The average molecular weight is 1010 g/mol. The molecule has 10 heteroatoms. The summed E-state index contributed by atoms with van der Waals surface area (Å²) in [5, 5.41) is 24.6. The lowest BCUT2D eigenvalue weighted by atomic mass is 9.95. The molecule has 0 saturated carbocycles. The molecule has 2 unspecified atom stereocenters. The number of rotatable bonds is 46. The van der Waals surface area contributed by atoms with Gasteiger partial charge in [-0.05, 0) is 114 Å². The van der Waals surface area contributed by atoms with Crippen LogP contribution in [0.1, 0.15) is 314 Å². The highest BCUT2D eigenvalue weighted by molar-refractivity contribution is 6.12. The lowest BCUT2D eigenvalue weighted by Crippen LogP contribution is -2.34. The first kappa shape index (κ1) is 70.6. The summed E-state index contributed by atoms with van der Waals surface area (Å²) in [5.41, 5.74) is 9.63. The maximum Gasteiger partial charge on any atom is 0.336 e. The average Bonchev–Trinajstić information content (AvgIpc) is 3.38. The highest BCUT2D eigenvalue weighted by atomic mass is 16.4. The second-order valence-electron chi connectivity index (χ2n) is 20.3. The molecule has 0 radical (unpaired) electrons. The highest BCUT2D eigenvalue weighted by Crippen LogP contribution is 2.21. The third-order valence-electron chi connectivity index (χ3n) is 13.7. The molecule has 8 N–H and O–H groups in total. The van der Waals surface area contributed by atoms with E-state index < -0.39 is 34.9 Å². The van der Waals surface area contributed by atoms with Gasteiger partial charge in [0, 0.05) is 13.1 Å². The molecule has 418 valence electrons. The fraction of sp³-hybridized carbons (Fsp3) is 0.774. The molecule has 0 aliphatic carbocycles. The number of nitrogens with one attached hydrogen (secondary N) is 2. The molecule has 0 aliphatic heterocycles. The number of carboxylic acid groups (broad SMARTS) is 2. The van der Waals surface area contributed by atoms with Crippen molar-refractivity contribution >= 4 is 23.8 Å². The Morgan fingerprint density at radius 3 is 0.917 bits per heavy atom. The molecule has 72 heavy (non-hydrogen) atoms. The Bertz CT molecular complexity index is 1390. The summed E-state index contributed by atoms with van der Waals surface area (Å²) >= 11 is 0. The minimum absolute atomic E-state index is 0.133. The Morgan fingerprint density at radius 1 is 0.403 bits per heavy atom. The molecule has 0 bridgehead atoms. The van der Waals surface area contributed by atoms with Crippen LogP contribution in [0, 0.1) is 11.8 Å². The van der Waals surface area contributed by atoms with Crippen LogP contribution in [0.5, 0.6) is 0 Å². The molecule has 0 aromatic heterocycles. The number of hydrogen-bond donors (Lipinski definition) is 6. The monoisotopic (exact) mass is 1010 g/mol. The summed E-state index contributed by atoms with van der Waals surface area (Å²) in [6, 6.07) is 1.99. The van der Waals surface area contributed by atoms with E-state index in [0.717, 1.165) is 76.6 Å². The standard InChI is InChI=1S/C26H40N2O6.2C18H37N/c1-5-9-11-17(7-3)15-27-23(29)19-13-21(25(31)32)22(26(33)34)14-20(19)24(30)28-16-18(8-4)12-10-6-2;2*1-2-3-4-5-6-7-8-9-10-11-12-13-14-15-16-17-18-19/h13-14,17-18H,5-12,15-16H2,1-4H3,(H,27,29)(H,28,30)(H,31,32)(H,33,34);2*9-10H,2-8,11-19H2,1H3. The topological polar surface area (TPSA) is 185 Å². The van der Waals surface area contributed by atoms with Gasteiger partial charge in [0.2, 0.25) is 0 Å². The first-order valence-electron chi connectivity index (χ1n) is 29.9. The minimum atomic E-state index is -1.47. The molecule has 2 atom stereocenters. The van der Waals surface area contributed by atoms with Crippen LogP contribution in [0.15, 0.2) is 36.4 Å². The van der Waals surface area contributed by atoms with Crippen molar-refractivity contribution in [2.75, 3.05) is 26.2 Å². The lowest BCUT2D eigenvalue weighted by Gasteiger charge is -2.18. The van der Waals surface area contributed by atoms with Crippen LogP contribution >= 0.6 is 0 Å². The molecule has 1 aromatic rings. The first-order chi connectivity index (χ1) is 35.0. The van der Waals surface area contributed by atoms with E-state index in [1.165, 1.54) is 180 Å². The predicted octanol–water partition coefficient (Wildman–Crippen LogP) is 16.9. The van der Waals surface area contributed by atoms with Crippen LogP contribution in [0.25, 0.3) is 0 Å². The molecule has 0 fully saturated rings. The van der Waals surface area contributed by atoms with Crippen LogP contribution < -0.4 is 22.1 Å². The van der Waals surface area contributed by atoms with Crippen LogP contribution in [-0.2, 0) is 0 Å². The molecule has 10 nitrogen and oxygen atoms in total. The van der Waals surface area contributed by atoms with Crippen molar-refractivity contribution in [3.05, 3.63) is 58.7 Å². The lowest BCUT2D eigenvalue weighted by molar-refractivity contribution is 0.0651. The van der Waals surface area contributed by atoms with Crippen molar-refractivity contribution in [2.45, 2.75) is 273 Å². The zero-order valence-corrected chi connectivity index (χ0v) is 47.6. The van der Waals surface area contributed by atoms with Crippen LogP contribution in [0.2, 0.25) is 0 Å². The van der Waals surface area contributed by atoms with E-state index in [1.54, 1.807) is 0 Å². The number of carbonyl (C=O) groups excluding carboxylic acids is 2. The van der Waals surface area contributed by atoms with Gasteiger partial charge in [-0.15, -0.1) is 0 Å². The van der Waals surface area contributed by atoms with Gasteiger partial charge in [-0.25, -0.2) is 9.59 Å². The number of allylic oxidation sites excluding steroid dienone is 4. The number of carboxylic acids is 2. The van der Waals surface area contributed by atoms with E-state index in [0.29, 0.717) is 13.1 Å². The number of carbonyl (C=O) groups is 4. The zero-order chi connectivity index (χ0) is 53.7. The van der Waals surface area contributed by atoms with Crippen molar-refractivity contribution in [3.8, 4) is 0 Å². The number of amides is 2. The summed E-state index contributed by atoms with van der Waals surface area (Å²) in [6.45, 7) is 15.3. The van der Waals surface area contributed by atoms with Gasteiger partial charge < -0.3 is 32.3 Å². The highest BCUT2D eigenvalue weighted by Gasteiger charge is 2.26. The largest absolute Gasteiger partial charge is 0.478 e. The number of unbranched alkanes of at least 4 members (excludes halogenated alkanes) is 26. The molecule has 0 saturated heterocycles. The van der Waals surface area contributed by atoms with E-state index in [2.05, 4.69) is 62.6 Å². The van der Waals surface area contributed by atoms with Gasteiger partial charge in [0.05, 0.1) is 22.3 Å². The molecule has 1 aromatic carbocycles. The molecular weight excluding hydrogens is 897 g/mol. The number of benzene rings is 1. The number of nitrogens with two attached hydrogens (primary N) is 2. The second kappa shape index (κ2) is 53.8. The van der Waals surface area contributed by atoms with Crippen molar-refractivity contribution in [3.63, 3.8) is 0 Å². The summed E-state index contributed by atoms with van der Waals surface area (Å²) in [4.78, 5) is 49.4. The normalized spacial score (nSPS) is 12.0. The van der Waals surface area contributed by atoms with Crippen LogP contribution in [0.4, 0.5) is 0 Å². The summed E-state index contributed by atoms with van der Waals surface area (Å²) in [7, 11) is 0. The van der Waals surface area contributed by atoms with Gasteiger partial charge >= 0.3 is 11.9 Å². The van der Waals surface area contributed by atoms with Gasteiger partial charge in [0.1, 0.15) is 0 Å². The Balaban J connectivity index is 0. The van der Waals surface area contributed by atoms with Gasteiger partial charge in [0.15, 0.2) is 0 Å². The second-order valence-corrected chi connectivity index (χ2v) is 20.3. The van der Waals surface area contributed by atoms with E-state index in [-0.39, 0.29) is 23.0 Å². The number of aromatic carboxylic acids is 2. The van der Waals surface area contributed by atoms with E-state index in [4.69, 9.17) is 11.5 Å². The summed E-state index contributed by atoms with van der Waals surface area (Å²) < 4.78 is 0. The van der Waals surface area contributed by atoms with E-state index >= 15 is 0 Å². The molecule has 1 rings (SSSR count). The Morgan fingerprint density at radius 2 is 0.667 bits per heavy atom. The minimum Gasteiger partial charge on any atom is -0.478 e.